The van der Waals surface area contributed by atoms with Gasteiger partial charge in [-0.3, -0.25) is 14.9 Å². The quantitative estimate of drug-likeness (QED) is 0.232. The van der Waals surface area contributed by atoms with Gasteiger partial charge in [-0.25, -0.2) is 4.68 Å². The molecule has 1 amide bonds. The van der Waals surface area contributed by atoms with Crippen LogP contribution in [0.15, 0.2) is 41.6 Å². The molecule has 0 saturated carbocycles. The summed E-state index contributed by atoms with van der Waals surface area (Å²) in [6.07, 6.45) is 0. The maximum Gasteiger partial charge on any atom is 0.296 e. The summed E-state index contributed by atoms with van der Waals surface area (Å²) in [7, 11) is 1.39. The van der Waals surface area contributed by atoms with E-state index in [9.17, 15) is 14.9 Å². The number of ether oxygens (including phenoxy) is 1. The molecule has 0 radical (unpaired) electrons. The van der Waals surface area contributed by atoms with Gasteiger partial charge in [-0.15, -0.1) is 10.2 Å². The van der Waals surface area contributed by atoms with Crippen LogP contribution in [0.1, 0.15) is 0 Å². The molecule has 0 atom stereocenters. The Morgan fingerprint density at radius 2 is 2.07 bits per heavy atom. The fourth-order valence-electron chi connectivity index (χ4n) is 2.44. The van der Waals surface area contributed by atoms with Gasteiger partial charge in [0.05, 0.1) is 28.9 Å². The summed E-state index contributed by atoms with van der Waals surface area (Å²) >= 11 is 13.1. The first-order valence-corrected chi connectivity index (χ1v) is 9.95. The molecule has 10 nitrogen and oxygen atoms in total. The Hall–Kier alpha value is -3.02. The summed E-state index contributed by atoms with van der Waals surface area (Å²) in [6, 6.07) is 8.97. The number of nitrogens with zero attached hydrogens (tertiary/aromatic N) is 4. The summed E-state index contributed by atoms with van der Waals surface area (Å²) in [5.41, 5.74) is 0.296. The van der Waals surface area contributed by atoms with Gasteiger partial charge in [0.2, 0.25) is 11.1 Å². The number of nitrogens with two attached hydrogens (primary N) is 1. The van der Waals surface area contributed by atoms with E-state index in [0.29, 0.717) is 27.2 Å². The first-order chi connectivity index (χ1) is 14.3. The van der Waals surface area contributed by atoms with Gasteiger partial charge < -0.3 is 15.9 Å². The SMILES string of the molecule is COc1ccc(NC(=O)CSc2nnc(-c3ccc(Cl)cc3Cl)n2N)c([N+](=O)[O-])c1. The molecule has 0 bridgehead atoms. The highest BCUT2D eigenvalue weighted by molar-refractivity contribution is 7.99. The second-order valence-electron chi connectivity index (χ2n) is 5.78. The number of carbonyl (C=O) groups excluding carboxylic acids is 1. The molecule has 0 saturated heterocycles. The predicted octanol–water partition coefficient (Wildman–Crippen LogP) is 3.61. The molecule has 13 heteroatoms. The van der Waals surface area contributed by atoms with E-state index in [1.807, 2.05) is 0 Å². The summed E-state index contributed by atoms with van der Waals surface area (Å²) < 4.78 is 6.16. The van der Waals surface area contributed by atoms with Crippen LogP contribution >= 0.6 is 35.0 Å². The lowest BCUT2D eigenvalue weighted by molar-refractivity contribution is -0.384. The highest BCUT2D eigenvalue weighted by Crippen LogP contribution is 2.31. The van der Waals surface area contributed by atoms with Crippen LogP contribution in [0.2, 0.25) is 10.0 Å². The number of methoxy groups -OCH3 is 1. The third kappa shape index (κ3) is 4.75. The number of thioether (sulfide) groups is 1. The van der Waals surface area contributed by atoms with E-state index in [0.717, 1.165) is 11.8 Å². The van der Waals surface area contributed by atoms with E-state index < -0.39 is 10.8 Å². The molecule has 0 aliphatic carbocycles. The van der Waals surface area contributed by atoms with Crippen molar-refractivity contribution in [1.29, 1.82) is 0 Å². The Morgan fingerprint density at radius 1 is 1.30 bits per heavy atom. The molecule has 1 heterocycles. The second kappa shape index (κ2) is 9.20. The van der Waals surface area contributed by atoms with Crippen molar-refractivity contribution in [3.8, 4) is 17.1 Å². The average molecular weight is 469 g/mol. The van der Waals surface area contributed by atoms with Crippen LogP contribution in [0.5, 0.6) is 5.75 Å². The van der Waals surface area contributed by atoms with Gasteiger partial charge in [0, 0.05) is 10.6 Å². The van der Waals surface area contributed by atoms with E-state index in [2.05, 4.69) is 15.5 Å². The van der Waals surface area contributed by atoms with Crippen LogP contribution in [0, 0.1) is 10.1 Å². The number of amides is 1. The maximum absolute atomic E-state index is 12.3. The molecule has 0 fully saturated rings. The zero-order valence-electron chi connectivity index (χ0n) is 15.3. The number of nitrogens with one attached hydrogen (secondary N) is 1. The Morgan fingerprint density at radius 3 is 2.73 bits per heavy atom. The van der Waals surface area contributed by atoms with E-state index in [4.69, 9.17) is 33.8 Å². The van der Waals surface area contributed by atoms with Crippen LogP contribution in [0.25, 0.3) is 11.4 Å². The topological polar surface area (TPSA) is 138 Å². The van der Waals surface area contributed by atoms with Crippen molar-refractivity contribution < 1.29 is 14.5 Å². The number of nitro groups is 1. The molecular weight excluding hydrogens is 455 g/mol. The van der Waals surface area contributed by atoms with Crippen molar-refractivity contribution in [2.45, 2.75) is 5.16 Å². The Balaban J connectivity index is 1.70. The van der Waals surface area contributed by atoms with E-state index in [-0.39, 0.29) is 22.3 Å². The number of benzene rings is 2. The molecule has 156 valence electrons. The number of nitrogen functional groups attached to an aromatic ring is 1. The Kier molecular flexibility index (Phi) is 6.65. The first kappa shape index (κ1) is 21.7. The molecule has 0 aliphatic rings. The van der Waals surface area contributed by atoms with Crippen LogP contribution < -0.4 is 15.9 Å². The number of halogens is 2. The number of hydrogen-bond acceptors (Lipinski definition) is 8. The smallest absolute Gasteiger partial charge is 0.296 e. The van der Waals surface area contributed by atoms with Gasteiger partial charge >= 0.3 is 0 Å². The number of rotatable bonds is 7. The summed E-state index contributed by atoms with van der Waals surface area (Å²) in [4.78, 5) is 22.9. The minimum atomic E-state index is -0.607. The number of anilines is 1. The maximum atomic E-state index is 12.3. The molecule has 0 spiro atoms. The number of nitro benzene ring substituents is 1. The monoisotopic (exact) mass is 468 g/mol. The van der Waals surface area contributed by atoms with Crippen molar-refractivity contribution in [3.05, 3.63) is 56.6 Å². The summed E-state index contributed by atoms with van der Waals surface area (Å²) in [5.74, 6) is 6.03. The van der Waals surface area contributed by atoms with Gasteiger partial charge in [0.1, 0.15) is 11.4 Å². The zero-order valence-corrected chi connectivity index (χ0v) is 17.7. The molecular formula is C17H14Cl2N6O4S. The standard InChI is InChI=1S/C17H14Cl2N6O4S/c1-29-10-3-5-13(14(7-10)25(27)28)21-15(26)8-30-17-23-22-16(24(17)20)11-4-2-9(18)6-12(11)19/h2-7H,8,20H2,1H3,(H,21,26). The van der Waals surface area contributed by atoms with Gasteiger partial charge in [-0.05, 0) is 30.3 Å². The largest absolute Gasteiger partial charge is 0.496 e. The van der Waals surface area contributed by atoms with Gasteiger partial charge in [0.15, 0.2) is 5.82 Å². The van der Waals surface area contributed by atoms with Crippen molar-refractivity contribution in [3.63, 3.8) is 0 Å². The summed E-state index contributed by atoms with van der Waals surface area (Å²) in [6.45, 7) is 0. The van der Waals surface area contributed by atoms with Gasteiger partial charge in [-0.1, -0.05) is 35.0 Å². The lowest BCUT2D eigenvalue weighted by Gasteiger charge is -2.08. The Bertz CT molecular complexity index is 1120. The van der Waals surface area contributed by atoms with E-state index in [1.165, 1.54) is 30.0 Å². The fourth-order valence-corrected chi connectivity index (χ4v) is 3.59. The Labute approximate surface area is 184 Å². The lowest BCUT2D eigenvalue weighted by atomic mass is 10.2. The molecule has 1 aromatic heterocycles. The highest BCUT2D eigenvalue weighted by atomic mass is 35.5. The predicted molar refractivity (Wildman–Crippen MR) is 115 cm³/mol. The lowest BCUT2D eigenvalue weighted by Crippen LogP contribution is -2.17. The molecule has 0 unspecified atom stereocenters. The number of aromatic nitrogens is 3. The van der Waals surface area contributed by atoms with Crippen LogP contribution in [0.4, 0.5) is 11.4 Å². The van der Waals surface area contributed by atoms with Crippen molar-refractivity contribution in [2.75, 3.05) is 24.0 Å². The molecule has 2 aromatic carbocycles. The third-order valence-electron chi connectivity index (χ3n) is 3.84. The van der Waals surface area contributed by atoms with Crippen LogP contribution in [-0.4, -0.2) is 38.6 Å². The minimum Gasteiger partial charge on any atom is -0.496 e. The van der Waals surface area contributed by atoms with E-state index >= 15 is 0 Å². The minimum absolute atomic E-state index is 0.0502. The first-order valence-electron chi connectivity index (χ1n) is 8.21. The van der Waals surface area contributed by atoms with Crippen molar-refractivity contribution >= 4 is 52.2 Å². The normalized spacial score (nSPS) is 10.6. The molecule has 30 heavy (non-hydrogen) atoms. The molecule has 0 aliphatic heterocycles. The molecule has 3 rings (SSSR count). The van der Waals surface area contributed by atoms with Gasteiger partial charge in [-0.2, -0.15) is 0 Å². The second-order valence-corrected chi connectivity index (χ2v) is 7.56. The highest BCUT2D eigenvalue weighted by Gasteiger charge is 2.19. The van der Waals surface area contributed by atoms with Crippen LogP contribution in [0.3, 0.4) is 0 Å². The van der Waals surface area contributed by atoms with E-state index in [1.54, 1.807) is 18.2 Å². The number of carbonyl (C=O) groups is 1. The zero-order chi connectivity index (χ0) is 21.8. The fraction of sp³-hybridized carbons (Fsp3) is 0.118. The molecule has 3 N–H and O–H groups in total. The van der Waals surface area contributed by atoms with Crippen molar-refractivity contribution in [1.82, 2.24) is 14.9 Å². The average Bonchev–Trinajstić information content (AvgIpc) is 3.07. The van der Waals surface area contributed by atoms with Crippen molar-refractivity contribution in [2.24, 2.45) is 0 Å². The molecule has 3 aromatic rings. The third-order valence-corrected chi connectivity index (χ3v) is 5.34. The number of hydrogen-bond donors (Lipinski definition) is 2. The summed E-state index contributed by atoms with van der Waals surface area (Å²) in [5, 5.41) is 22.7. The van der Waals surface area contributed by atoms with Crippen LogP contribution in [-0.2, 0) is 4.79 Å². The van der Waals surface area contributed by atoms with Gasteiger partial charge in [0.25, 0.3) is 5.69 Å².